The van der Waals surface area contributed by atoms with E-state index in [1.165, 1.54) is 0 Å². The number of amides is 2. The van der Waals surface area contributed by atoms with E-state index in [4.69, 9.17) is 16.3 Å². The van der Waals surface area contributed by atoms with Crippen LogP contribution in [0.2, 0.25) is 5.02 Å². The van der Waals surface area contributed by atoms with E-state index in [1.54, 1.807) is 17.0 Å². The first-order valence-electron chi connectivity index (χ1n) is 12.2. The van der Waals surface area contributed by atoms with Gasteiger partial charge in [0.25, 0.3) is 5.91 Å². The Kier molecular flexibility index (Phi) is 9.54. The molecule has 0 saturated heterocycles. The van der Waals surface area contributed by atoms with Gasteiger partial charge in [0.1, 0.15) is 11.8 Å². The SMILES string of the molecule is Cc1cc(C)c(C)c(OCC(=O)N(Cc2ccc(Cl)cc2)[C@@H](Cc2ccccc2)C(=O)NC(C)C)c1. The van der Waals surface area contributed by atoms with Gasteiger partial charge in [-0.1, -0.05) is 60.1 Å². The van der Waals surface area contributed by atoms with Crippen LogP contribution in [0.5, 0.6) is 5.75 Å². The molecular weight excluding hydrogens is 472 g/mol. The van der Waals surface area contributed by atoms with E-state index in [1.807, 2.05) is 83.1 Å². The Balaban J connectivity index is 1.93. The summed E-state index contributed by atoms with van der Waals surface area (Å²) in [7, 11) is 0. The number of carbonyl (C=O) groups excluding carboxylic acids is 2. The third-order valence-corrected chi connectivity index (χ3v) is 6.34. The molecule has 0 aliphatic rings. The molecule has 0 unspecified atom stereocenters. The molecule has 0 fully saturated rings. The number of hydrogen-bond acceptors (Lipinski definition) is 3. The Morgan fingerprint density at radius 1 is 0.944 bits per heavy atom. The molecule has 2 amide bonds. The van der Waals surface area contributed by atoms with E-state index in [9.17, 15) is 9.59 Å². The summed E-state index contributed by atoms with van der Waals surface area (Å²) >= 11 is 6.08. The van der Waals surface area contributed by atoms with E-state index in [0.717, 1.165) is 27.8 Å². The zero-order chi connectivity index (χ0) is 26.2. The van der Waals surface area contributed by atoms with Crippen LogP contribution in [0.1, 0.15) is 41.7 Å². The van der Waals surface area contributed by atoms with Crippen molar-refractivity contribution < 1.29 is 14.3 Å². The Morgan fingerprint density at radius 3 is 2.25 bits per heavy atom. The van der Waals surface area contributed by atoms with Gasteiger partial charge >= 0.3 is 0 Å². The lowest BCUT2D eigenvalue weighted by molar-refractivity contribution is -0.143. The van der Waals surface area contributed by atoms with Crippen LogP contribution in [0.4, 0.5) is 0 Å². The number of aryl methyl sites for hydroxylation is 2. The van der Waals surface area contributed by atoms with Crippen molar-refractivity contribution in [2.45, 2.75) is 59.7 Å². The smallest absolute Gasteiger partial charge is 0.261 e. The molecule has 3 rings (SSSR count). The fourth-order valence-corrected chi connectivity index (χ4v) is 4.22. The summed E-state index contributed by atoms with van der Waals surface area (Å²) in [5, 5.41) is 3.61. The first kappa shape index (κ1) is 27.3. The molecule has 0 saturated carbocycles. The third kappa shape index (κ3) is 7.59. The normalized spacial score (nSPS) is 11.8. The van der Waals surface area contributed by atoms with Crippen LogP contribution >= 0.6 is 11.6 Å². The number of benzene rings is 3. The van der Waals surface area contributed by atoms with Crippen molar-refractivity contribution >= 4 is 23.4 Å². The average Bonchev–Trinajstić information content (AvgIpc) is 2.83. The summed E-state index contributed by atoms with van der Waals surface area (Å²) in [6, 6.07) is 20.3. The van der Waals surface area contributed by atoms with E-state index >= 15 is 0 Å². The van der Waals surface area contributed by atoms with Crippen molar-refractivity contribution in [3.05, 3.63) is 99.6 Å². The average molecular weight is 507 g/mol. The van der Waals surface area contributed by atoms with Crippen LogP contribution in [-0.2, 0) is 22.6 Å². The highest BCUT2D eigenvalue weighted by molar-refractivity contribution is 6.30. The van der Waals surface area contributed by atoms with Crippen molar-refractivity contribution in [3.63, 3.8) is 0 Å². The minimum absolute atomic E-state index is 0.0579. The predicted octanol–water partition coefficient (Wildman–Crippen LogP) is 5.81. The molecule has 0 aromatic heterocycles. The molecule has 1 atom stereocenters. The number of hydrogen-bond donors (Lipinski definition) is 1. The molecule has 3 aromatic rings. The summed E-state index contributed by atoms with van der Waals surface area (Å²) < 4.78 is 6.02. The van der Waals surface area contributed by atoms with Gasteiger partial charge in [0.05, 0.1) is 0 Å². The van der Waals surface area contributed by atoms with Gasteiger partial charge in [0.2, 0.25) is 5.91 Å². The van der Waals surface area contributed by atoms with E-state index in [-0.39, 0.29) is 31.0 Å². The summed E-state index contributed by atoms with van der Waals surface area (Å²) in [6.45, 7) is 9.92. The molecule has 0 spiro atoms. The monoisotopic (exact) mass is 506 g/mol. The number of ether oxygens (including phenoxy) is 1. The van der Waals surface area contributed by atoms with Gasteiger partial charge in [-0.15, -0.1) is 0 Å². The maximum Gasteiger partial charge on any atom is 0.261 e. The van der Waals surface area contributed by atoms with Gasteiger partial charge in [0.15, 0.2) is 6.61 Å². The van der Waals surface area contributed by atoms with Crippen molar-refractivity contribution in [1.82, 2.24) is 10.2 Å². The molecule has 36 heavy (non-hydrogen) atoms. The molecule has 0 heterocycles. The maximum absolute atomic E-state index is 13.7. The second-order valence-corrected chi connectivity index (χ2v) is 9.95. The highest BCUT2D eigenvalue weighted by Crippen LogP contribution is 2.24. The van der Waals surface area contributed by atoms with Crippen LogP contribution < -0.4 is 10.1 Å². The largest absolute Gasteiger partial charge is 0.483 e. The lowest BCUT2D eigenvalue weighted by Gasteiger charge is -2.32. The molecule has 0 aliphatic carbocycles. The van der Waals surface area contributed by atoms with Gasteiger partial charge in [-0.3, -0.25) is 9.59 Å². The second-order valence-electron chi connectivity index (χ2n) is 9.51. The van der Waals surface area contributed by atoms with Crippen LogP contribution in [-0.4, -0.2) is 35.4 Å². The van der Waals surface area contributed by atoms with Crippen LogP contribution in [0.25, 0.3) is 0 Å². The molecular formula is C30H35ClN2O3. The van der Waals surface area contributed by atoms with Gasteiger partial charge in [0, 0.05) is 24.0 Å². The lowest BCUT2D eigenvalue weighted by atomic mass is 10.0. The first-order valence-corrected chi connectivity index (χ1v) is 12.6. The summed E-state index contributed by atoms with van der Waals surface area (Å²) in [6.07, 6.45) is 0.390. The molecule has 3 aromatic carbocycles. The highest BCUT2D eigenvalue weighted by atomic mass is 35.5. The molecule has 0 aliphatic heterocycles. The number of nitrogens with one attached hydrogen (secondary N) is 1. The Morgan fingerprint density at radius 2 is 1.61 bits per heavy atom. The Bertz CT molecular complexity index is 1180. The molecule has 1 N–H and O–H groups in total. The Hall–Kier alpha value is -3.31. The minimum atomic E-state index is -0.707. The summed E-state index contributed by atoms with van der Waals surface area (Å²) in [5.74, 6) is 0.223. The van der Waals surface area contributed by atoms with Gasteiger partial charge in [-0.05, 0) is 80.6 Å². The van der Waals surface area contributed by atoms with Crippen molar-refractivity contribution in [2.24, 2.45) is 0 Å². The summed E-state index contributed by atoms with van der Waals surface area (Å²) in [4.78, 5) is 28.7. The van der Waals surface area contributed by atoms with Crippen molar-refractivity contribution in [3.8, 4) is 5.75 Å². The molecule has 0 bridgehead atoms. The second kappa shape index (κ2) is 12.6. The first-order chi connectivity index (χ1) is 17.1. The van der Waals surface area contributed by atoms with Crippen LogP contribution in [0.3, 0.4) is 0 Å². The van der Waals surface area contributed by atoms with E-state index in [0.29, 0.717) is 17.2 Å². The standard InChI is InChI=1S/C30H35ClN2O3/c1-20(2)32-30(35)27(17-24-9-7-6-8-10-24)33(18-25-11-13-26(31)14-12-25)29(34)19-36-28-16-21(3)15-22(4)23(28)5/h6-16,20,27H,17-19H2,1-5H3,(H,32,35)/t27-/m0/s1. The van der Waals surface area contributed by atoms with Crippen molar-refractivity contribution in [2.75, 3.05) is 6.61 Å². The number of rotatable bonds is 10. The Labute approximate surface area is 219 Å². The number of halogens is 1. The van der Waals surface area contributed by atoms with Crippen LogP contribution in [0.15, 0.2) is 66.7 Å². The fraction of sp³-hybridized carbons (Fsp3) is 0.333. The quantitative estimate of drug-likeness (QED) is 0.377. The fourth-order valence-electron chi connectivity index (χ4n) is 4.09. The molecule has 5 nitrogen and oxygen atoms in total. The zero-order valence-electron chi connectivity index (χ0n) is 21.7. The van der Waals surface area contributed by atoms with E-state index in [2.05, 4.69) is 11.4 Å². The highest BCUT2D eigenvalue weighted by Gasteiger charge is 2.31. The molecule has 6 heteroatoms. The van der Waals surface area contributed by atoms with Gasteiger partial charge < -0.3 is 15.0 Å². The van der Waals surface area contributed by atoms with Crippen LogP contribution in [0, 0.1) is 20.8 Å². The molecule has 190 valence electrons. The van der Waals surface area contributed by atoms with Crippen molar-refractivity contribution in [1.29, 1.82) is 0 Å². The maximum atomic E-state index is 13.7. The number of nitrogens with zero attached hydrogens (tertiary/aromatic N) is 1. The predicted molar refractivity (Wildman–Crippen MR) is 145 cm³/mol. The van der Waals surface area contributed by atoms with E-state index < -0.39 is 6.04 Å². The lowest BCUT2D eigenvalue weighted by Crippen LogP contribution is -2.52. The van der Waals surface area contributed by atoms with Gasteiger partial charge in [-0.2, -0.15) is 0 Å². The van der Waals surface area contributed by atoms with Gasteiger partial charge in [-0.25, -0.2) is 0 Å². The third-order valence-electron chi connectivity index (χ3n) is 6.08. The topological polar surface area (TPSA) is 58.6 Å². The minimum Gasteiger partial charge on any atom is -0.483 e. The summed E-state index contributed by atoms with van der Waals surface area (Å²) in [5.41, 5.74) is 5.02. The number of carbonyl (C=O) groups is 2. The molecule has 0 radical (unpaired) electrons. The zero-order valence-corrected chi connectivity index (χ0v) is 22.4.